The molecule has 1 aromatic heterocycles. The summed E-state index contributed by atoms with van der Waals surface area (Å²) < 4.78 is 0. The average molecular weight is 307 g/mol. The van der Waals surface area contributed by atoms with Crippen molar-refractivity contribution in [2.24, 2.45) is 0 Å². The number of nitrogens with zero attached hydrogens (tertiary/aromatic N) is 2. The van der Waals surface area contributed by atoms with Gasteiger partial charge in [0.05, 0.1) is 11.4 Å². The highest BCUT2D eigenvalue weighted by Crippen LogP contribution is 2.28. The normalized spacial score (nSPS) is 14.9. The van der Waals surface area contributed by atoms with Gasteiger partial charge in [0.25, 0.3) is 0 Å². The summed E-state index contributed by atoms with van der Waals surface area (Å²) in [6.45, 7) is 2.11. The van der Waals surface area contributed by atoms with Crippen molar-refractivity contribution >= 4 is 23.4 Å². The van der Waals surface area contributed by atoms with Gasteiger partial charge < -0.3 is 10.2 Å². The van der Waals surface area contributed by atoms with Crippen molar-refractivity contribution in [1.29, 1.82) is 0 Å². The standard InChI is InChI=1S/C19H21N3O/c23-19(11-10-16-7-6-12-20-15-16)21-17-8-2-3-9-18(17)22-13-4-1-5-14-22/h2-3,6-12,15H,1,4-5,13-14H2,(H,21,23)/b11-10+. The molecule has 118 valence electrons. The molecule has 1 aromatic carbocycles. The molecule has 1 saturated heterocycles. The van der Waals surface area contributed by atoms with E-state index in [-0.39, 0.29) is 5.91 Å². The Labute approximate surface area is 136 Å². The number of anilines is 2. The molecule has 4 nitrogen and oxygen atoms in total. The van der Waals surface area contributed by atoms with E-state index in [1.807, 2.05) is 30.3 Å². The average Bonchev–Trinajstić information content (AvgIpc) is 2.62. The second-order valence-corrected chi connectivity index (χ2v) is 5.67. The Balaban J connectivity index is 1.70. The predicted octanol–water partition coefficient (Wildman–Crippen LogP) is 3.72. The number of amides is 1. The second-order valence-electron chi connectivity index (χ2n) is 5.67. The lowest BCUT2D eigenvalue weighted by Gasteiger charge is -2.30. The van der Waals surface area contributed by atoms with E-state index in [4.69, 9.17) is 0 Å². The van der Waals surface area contributed by atoms with Crippen LogP contribution in [0.3, 0.4) is 0 Å². The number of hydrogen-bond acceptors (Lipinski definition) is 3. The van der Waals surface area contributed by atoms with Crippen LogP contribution in [0.2, 0.25) is 0 Å². The third kappa shape index (κ3) is 4.19. The Morgan fingerprint density at radius 1 is 1.09 bits per heavy atom. The molecule has 0 saturated carbocycles. The summed E-state index contributed by atoms with van der Waals surface area (Å²) in [6.07, 6.45) is 10.5. The molecule has 23 heavy (non-hydrogen) atoms. The van der Waals surface area contributed by atoms with Gasteiger partial charge in [-0.1, -0.05) is 18.2 Å². The van der Waals surface area contributed by atoms with E-state index < -0.39 is 0 Å². The number of nitrogens with one attached hydrogen (secondary N) is 1. The van der Waals surface area contributed by atoms with E-state index in [0.717, 1.165) is 30.0 Å². The smallest absolute Gasteiger partial charge is 0.248 e. The van der Waals surface area contributed by atoms with Crippen LogP contribution in [-0.2, 0) is 4.79 Å². The summed E-state index contributed by atoms with van der Waals surface area (Å²) in [5.41, 5.74) is 2.89. The number of aromatic nitrogens is 1. The highest BCUT2D eigenvalue weighted by molar-refractivity contribution is 6.03. The highest BCUT2D eigenvalue weighted by Gasteiger charge is 2.14. The molecule has 1 amide bonds. The fourth-order valence-corrected chi connectivity index (χ4v) is 2.81. The van der Waals surface area contributed by atoms with Crippen LogP contribution in [0.25, 0.3) is 6.08 Å². The van der Waals surface area contributed by atoms with Crippen molar-refractivity contribution in [3.05, 3.63) is 60.4 Å². The molecule has 0 radical (unpaired) electrons. The first-order valence-corrected chi connectivity index (χ1v) is 8.06. The number of rotatable bonds is 4. The molecule has 2 heterocycles. The van der Waals surface area contributed by atoms with Crippen LogP contribution in [0, 0.1) is 0 Å². The van der Waals surface area contributed by atoms with E-state index in [1.54, 1.807) is 24.5 Å². The van der Waals surface area contributed by atoms with Crippen molar-refractivity contribution < 1.29 is 4.79 Å². The molecular formula is C19H21N3O. The van der Waals surface area contributed by atoms with Crippen LogP contribution < -0.4 is 10.2 Å². The quantitative estimate of drug-likeness (QED) is 0.876. The van der Waals surface area contributed by atoms with Gasteiger partial charge in [-0.05, 0) is 49.1 Å². The van der Waals surface area contributed by atoms with Gasteiger partial charge in [-0.25, -0.2) is 0 Å². The number of para-hydroxylation sites is 2. The zero-order valence-electron chi connectivity index (χ0n) is 13.1. The number of carbonyl (C=O) groups excluding carboxylic acids is 1. The molecule has 0 bridgehead atoms. The van der Waals surface area contributed by atoms with Gasteiger partial charge in [-0.15, -0.1) is 0 Å². The molecule has 3 rings (SSSR count). The lowest BCUT2D eigenvalue weighted by atomic mass is 10.1. The van der Waals surface area contributed by atoms with Gasteiger partial charge >= 0.3 is 0 Å². The topological polar surface area (TPSA) is 45.2 Å². The molecule has 1 aliphatic heterocycles. The molecule has 0 unspecified atom stereocenters. The molecule has 0 atom stereocenters. The van der Waals surface area contributed by atoms with E-state index in [2.05, 4.69) is 21.3 Å². The van der Waals surface area contributed by atoms with Crippen LogP contribution in [0.15, 0.2) is 54.9 Å². The van der Waals surface area contributed by atoms with Gasteiger partial charge in [-0.3, -0.25) is 9.78 Å². The maximum absolute atomic E-state index is 12.2. The Kier molecular flexibility index (Phi) is 5.04. The Morgan fingerprint density at radius 2 is 1.91 bits per heavy atom. The summed E-state index contributed by atoms with van der Waals surface area (Å²) in [7, 11) is 0. The zero-order chi connectivity index (χ0) is 15.9. The Bertz CT molecular complexity index is 676. The van der Waals surface area contributed by atoms with E-state index in [9.17, 15) is 4.79 Å². The van der Waals surface area contributed by atoms with E-state index in [0.29, 0.717) is 0 Å². The summed E-state index contributed by atoms with van der Waals surface area (Å²) in [6, 6.07) is 11.8. The molecule has 4 heteroatoms. The summed E-state index contributed by atoms with van der Waals surface area (Å²) in [4.78, 5) is 18.6. The first-order valence-electron chi connectivity index (χ1n) is 8.06. The maximum Gasteiger partial charge on any atom is 0.248 e. The van der Waals surface area contributed by atoms with Gasteiger partial charge in [0.1, 0.15) is 0 Å². The largest absolute Gasteiger partial charge is 0.370 e. The third-order valence-electron chi connectivity index (χ3n) is 3.97. The van der Waals surface area contributed by atoms with Gasteiger partial charge in [0, 0.05) is 31.6 Å². The fraction of sp³-hybridized carbons (Fsp3) is 0.263. The van der Waals surface area contributed by atoms with Crippen LogP contribution in [0.4, 0.5) is 11.4 Å². The minimum Gasteiger partial charge on any atom is -0.370 e. The molecule has 0 aliphatic carbocycles. The van der Waals surface area contributed by atoms with Crippen LogP contribution in [0.5, 0.6) is 0 Å². The van der Waals surface area contributed by atoms with Crippen LogP contribution in [-0.4, -0.2) is 24.0 Å². The van der Waals surface area contributed by atoms with Crippen molar-refractivity contribution in [2.45, 2.75) is 19.3 Å². The molecule has 0 spiro atoms. The summed E-state index contributed by atoms with van der Waals surface area (Å²) in [5.74, 6) is -0.127. The number of piperidine rings is 1. The Morgan fingerprint density at radius 3 is 2.70 bits per heavy atom. The van der Waals surface area contributed by atoms with Crippen molar-refractivity contribution in [1.82, 2.24) is 4.98 Å². The van der Waals surface area contributed by atoms with Crippen LogP contribution >= 0.6 is 0 Å². The lowest BCUT2D eigenvalue weighted by molar-refractivity contribution is -0.111. The third-order valence-corrected chi connectivity index (χ3v) is 3.97. The Hall–Kier alpha value is -2.62. The van der Waals surface area contributed by atoms with Crippen molar-refractivity contribution in [3.63, 3.8) is 0 Å². The van der Waals surface area contributed by atoms with Gasteiger partial charge in [-0.2, -0.15) is 0 Å². The van der Waals surface area contributed by atoms with Crippen molar-refractivity contribution in [2.75, 3.05) is 23.3 Å². The number of carbonyl (C=O) groups is 1. The van der Waals surface area contributed by atoms with E-state index in [1.165, 1.54) is 19.3 Å². The molecule has 2 aromatic rings. The minimum atomic E-state index is -0.127. The van der Waals surface area contributed by atoms with Gasteiger partial charge in [0.15, 0.2) is 0 Å². The lowest BCUT2D eigenvalue weighted by Crippen LogP contribution is -2.30. The summed E-state index contributed by atoms with van der Waals surface area (Å²) in [5, 5.41) is 2.99. The minimum absolute atomic E-state index is 0.127. The van der Waals surface area contributed by atoms with E-state index >= 15 is 0 Å². The summed E-state index contributed by atoms with van der Waals surface area (Å²) >= 11 is 0. The van der Waals surface area contributed by atoms with Crippen molar-refractivity contribution in [3.8, 4) is 0 Å². The second kappa shape index (κ2) is 7.58. The number of hydrogen-bond donors (Lipinski definition) is 1. The molecule has 1 N–H and O–H groups in total. The molecule has 1 fully saturated rings. The number of pyridine rings is 1. The SMILES string of the molecule is O=C(/C=C/c1cccnc1)Nc1ccccc1N1CCCCC1. The fourth-order valence-electron chi connectivity index (χ4n) is 2.81. The maximum atomic E-state index is 12.2. The molecular weight excluding hydrogens is 286 g/mol. The first kappa shape index (κ1) is 15.3. The molecule has 1 aliphatic rings. The van der Waals surface area contributed by atoms with Crippen LogP contribution in [0.1, 0.15) is 24.8 Å². The zero-order valence-corrected chi connectivity index (χ0v) is 13.1. The number of benzene rings is 1. The predicted molar refractivity (Wildman–Crippen MR) is 94.4 cm³/mol. The van der Waals surface area contributed by atoms with Gasteiger partial charge in [0.2, 0.25) is 5.91 Å². The monoisotopic (exact) mass is 307 g/mol. The first-order chi connectivity index (χ1) is 11.3. The highest BCUT2D eigenvalue weighted by atomic mass is 16.1.